The third kappa shape index (κ3) is 4.13. The summed E-state index contributed by atoms with van der Waals surface area (Å²) in [6.45, 7) is 5.45. The first-order valence-electron chi connectivity index (χ1n) is 8.21. The molecule has 1 heterocycles. The molecule has 0 aliphatic carbocycles. The summed E-state index contributed by atoms with van der Waals surface area (Å²) in [5.74, 6) is -0.966. The Morgan fingerprint density at radius 3 is 2.54 bits per heavy atom. The molecule has 6 heteroatoms. The van der Waals surface area contributed by atoms with Crippen LogP contribution >= 0.6 is 0 Å². The molecule has 0 bridgehead atoms. The minimum Gasteiger partial charge on any atom is -0.459 e. The average molecular weight is 332 g/mol. The molecule has 0 unspecified atom stereocenters. The number of urea groups is 1. The van der Waals surface area contributed by atoms with Crippen LogP contribution in [0.4, 0.5) is 4.79 Å². The molecule has 1 N–H and O–H groups in total. The Labute approximate surface area is 142 Å². The summed E-state index contributed by atoms with van der Waals surface area (Å²) in [5.41, 5.74) is 1.05. The summed E-state index contributed by atoms with van der Waals surface area (Å²) < 4.78 is 5.16. The maximum Gasteiger partial charge on any atom is 0.326 e. The van der Waals surface area contributed by atoms with E-state index in [2.05, 4.69) is 5.32 Å². The second-order valence-electron chi connectivity index (χ2n) is 6.40. The van der Waals surface area contributed by atoms with Crippen LogP contribution < -0.4 is 5.32 Å². The van der Waals surface area contributed by atoms with E-state index >= 15 is 0 Å². The lowest BCUT2D eigenvalue weighted by Crippen LogP contribution is -2.44. The molecule has 0 saturated carbocycles. The maximum atomic E-state index is 12.4. The van der Waals surface area contributed by atoms with Crippen molar-refractivity contribution in [2.24, 2.45) is 0 Å². The van der Waals surface area contributed by atoms with Crippen LogP contribution in [-0.4, -0.2) is 34.9 Å². The molecular weight excluding hydrogens is 308 g/mol. The molecule has 1 aromatic carbocycles. The largest absolute Gasteiger partial charge is 0.459 e. The van der Waals surface area contributed by atoms with Gasteiger partial charge in [-0.2, -0.15) is 0 Å². The van der Waals surface area contributed by atoms with Crippen molar-refractivity contribution in [3.63, 3.8) is 0 Å². The van der Waals surface area contributed by atoms with E-state index in [4.69, 9.17) is 4.74 Å². The fraction of sp³-hybridized carbons (Fsp3) is 0.500. The molecule has 0 aromatic heterocycles. The van der Waals surface area contributed by atoms with Gasteiger partial charge in [-0.05, 0) is 25.8 Å². The molecule has 1 aliphatic rings. The third-order valence-corrected chi connectivity index (χ3v) is 4.18. The number of ether oxygens (including phenoxy) is 1. The quantitative estimate of drug-likeness (QED) is 0.615. The number of nitrogens with one attached hydrogen (secondary N) is 1. The van der Waals surface area contributed by atoms with Crippen LogP contribution in [0.2, 0.25) is 0 Å². The van der Waals surface area contributed by atoms with Crippen LogP contribution in [-0.2, 0) is 20.9 Å². The van der Waals surface area contributed by atoms with Gasteiger partial charge in [0.2, 0.25) is 0 Å². The van der Waals surface area contributed by atoms with Gasteiger partial charge in [0.15, 0.2) is 0 Å². The van der Waals surface area contributed by atoms with Gasteiger partial charge < -0.3 is 10.1 Å². The Bertz CT molecular complexity index is 626. The van der Waals surface area contributed by atoms with E-state index in [-0.39, 0.29) is 19.1 Å². The van der Waals surface area contributed by atoms with Crippen molar-refractivity contribution < 1.29 is 19.1 Å². The normalized spacial score (nSPS) is 20.2. The molecule has 1 fully saturated rings. The molecule has 1 saturated heterocycles. The lowest BCUT2D eigenvalue weighted by Gasteiger charge is -2.21. The fourth-order valence-corrected chi connectivity index (χ4v) is 2.61. The van der Waals surface area contributed by atoms with E-state index in [1.807, 2.05) is 38.1 Å². The van der Waals surface area contributed by atoms with Crippen molar-refractivity contribution in [1.82, 2.24) is 10.2 Å². The summed E-state index contributed by atoms with van der Waals surface area (Å²) in [4.78, 5) is 37.3. The molecule has 6 nitrogen and oxygen atoms in total. The predicted molar refractivity (Wildman–Crippen MR) is 89.1 cm³/mol. The Morgan fingerprint density at radius 2 is 1.92 bits per heavy atom. The van der Waals surface area contributed by atoms with Crippen LogP contribution in [0.25, 0.3) is 0 Å². The number of esters is 1. The van der Waals surface area contributed by atoms with Crippen LogP contribution in [0.15, 0.2) is 24.3 Å². The highest BCUT2D eigenvalue weighted by atomic mass is 16.5. The number of carbonyl (C=O) groups excluding carboxylic acids is 3. The predicted octanol–water partition coefficient (Wildman–Crippen LogP) is 2.54. The summed E-state index contributed by atoms with van der Waals surface area (Å²) in [6, 6.07) is 7.07. The molecule has 24 heavy (non-hydrogen) atoms. The van der Waals surface area contributed by atoms with E-state index in [0.29, 0.717) is 6.42 Å². The Morgan fingerprint density at radius 1 is 1.25 bits per heavy atom. The van der Waals surface area contributed by atoms with E-state index in [1.54, 1.807) is 6.92 Å². The van der Waals surface area contributed by atoms with E-state index < -0.39 is 17.5 Å². The zero-order valence-electron chi connectivity index (χ0n) is 14.4. The van der Waals surface area contributed by atoms with Gasteiger partial charge in [0, 0.05) is 0 Å². The van der Waals surface area contributed by atoms with Gasteiger partial charge in [-0.3, -0.25) is 14.5 Å². The number of imide groups is 1. The van der Waals surface area contributed by atoms with Gasteiger partial charge in [-0.15, -0.1) is 0 Å². The van der Waals surface area contributed by atoms with Crippen molar-refractivity contribution >= 4 is 17.9 Å². The highest BCUT2D eigenvalue weighted by Gasteiger charge is 2.47. The molecule has 3 amide bonds. The standard InChI is InChI=1S/C18H24N2O4/c1-4-5-10-18(3)16(22)20(17(23)19-18)11-15(21)24-12-14-8-6-13(2)7-9-14/h6-9H,4-5,10-12H2,1-3H3,(H,19,23)/t18-/m0/s1. The Hall–Kier alpha value is -2.37. The average Bonchev–Trinajstić information content (AvgIpc) is 2.76. The summed E-state index contributed by atoms with van der Waals surface area (Å²) in [6.07, 6.45) is 2.31. The number of nitrogens with zero attached hydrogens (tertiary/aromatic N) is 1. The molecule has 0 radical (unpaired) electrons. The highest BCUT2D eigenvalue weighted by molar-refractivity contribution is 6.08. The number of rotatable bonds is 7. The minimum absolute atomic E-state index is 0.121. The SMILES string of the molecule is CCCC[C@]1(C)NC(=O)N(CC(=O)OCc2ccc(C)cc2)C1=O. The van der Waals surface area contributed by atoms with Crippen molar-refractivity contribution in [3.8, 4) is 0 Å². The zero-order valence-corrected chi connectivity index (χ0v) is 14.4. The van der Waals surface area contributed by atoms with Crippen LogP contribution in [0.3, 0.4) is 0 Å². The van der Waals surface area contributed by atoms with Crippen molar-refractivity contribution in [3.05, 3.63) is 35.4 Å². The first kappa shape index (κ1) is 18.0. The molecule has 1 aliphatic heterocycles. The molecule has 130 valence electrons. The zero-order chi connectivity index (χ0) is 17.7. The number of hydrogen-bond donors (Lipinski definition) is 1. The maximum absolute atomic E-state index is 12.4. The third-order valence-electron chi connectivity index (χ3n) is 4.18. The number of carbonyl (C=O) groups is 3. The van der Waals surface area contributed by atoms with Gasteiger partial charge in [0.1, 0.15) is 18.7 Å². The van der Waals surface area contributed by atoms with Crippen LogP contribution in [0.5, 0.6) is 0 Å². The van der Waals surface area contributed by atoms with Crippen molar-refractivity contribution in [2.45, 2.75) is 52.2 Å². The topological polar surface area (TPSA) is 75.7 Å². The van der Waals surface area contributed by atoms with Gasteiger partial charge in [-0.1, -0.05) is 49.6 Å². The Balaban J connectivity index is 1.90. The highest BCUT2D eigenvalue weighted by Crippen LogP contribution is 2.23. The molecule has 2 rings (SSSR count). The monoisotopic (exact) mass is 332 g/mol. The van der Waals surface area contributed by atoms with Gasteiger partial charge in [0.05, 0.1) is 0 Å². The Kier molecular flexibility index (Phi) is 5.59. The number of unbranched alkanes of at least 4 members (excludes halogenated alkanes) is 1. The molecule has 1 atom stereocenters. The van der Waals surface area contributed by atoms with Crippen LogP contribution in [0, 0.1) is 6.92 Å². The first-order valence-corrected chi connectivity index (χ1v) is 8.21. The number of amides is 3. The van der Waals surface area contributed by atoms with Crippen molar-refractivity contribution in [2.75, 3.05) is 6.54 Å². The van der Waals surface area contributed by atoms with E-state index in [0.717, 1.165) is 28.9 Å². The van der Waals surface area contributed by atoms with E-state index in [9.17, 15) is 14.4 Å². The van der Waals surface area contributed by atoms with Gasteiger partial charge in [-0.25, -0.2) is 4.79 Å². The second-order valence-corrected chi connectivity index (χ2v) is 6.40. The lowest BCUT2D eigenvalue weighted by molar-refractivity contribution is -0.148. The summed E-state index contributed by atoms with van der Waals surface area (Å²) in [5, 5.41) is 2.68. The van der Waals surface area contributed by atoms with Crippen molar-refractivity contribution in [1.29, 1.82) is 0 Å². The van der Waals surface area contributed by atoms with Gasteiger partial charge in [0.25, 0.3) is 5.91 Å². The van der Waals surface area contributed by atoms with Crippen LogP contribution in [0.1, 0.15) is 44.2 Å². The molecular formula is C18H24N2O4. The second kappa shape index (κ2) is 7.47. The summed E-state index contributed by atoms with van der Waals surface area (Å²) in [7, 11) is 0. The number of hydrogen-bond acceptors (Lipinski definition) is 4. The number of aryl methyl sites for hydroxylation is 1. The fourth-order valence-electron chi connectivity index (χ4n) is 2.61. The minimum atomic E-state index is -0.926. The smallest absolute Gasteiger partial charge is 0.326 e. The van der Waals surface area contributed by atoms with Gasteiger partial charge >= 0.3 is 12.0 Å². The molecule has 1 aromatic rings. The summed E-state index contributed by atoms with van der Waals surface area (Å²) >= 11 is 0. The molecule has 0 spiro atoms. The first-order chi connectivity index (χ1) is 11.4. The van der Waals surface area contributed by atoms with E-state index in [1.165, 1.54) is 0 Å². The lowest BCUT2D eigenvalue weighted by atomic mass is 9.95. The number of benzene rings is 1.